The SMILES string of the molecule is CC(C)NC(=O)[C@@H]1CCCNC1.Cl. The lowest BCUT2D eigenvalue weighted by molar-refractivity contribution is -0.125. The topological polar surface area (TPSA) is 41.1 Å². The van der Waals surface area contributed by atoms with E-state index in [-0.39, 0.29) is 30.3 Å². The summed E-state index contributed by atoms with van der Waals surface area (Å²) in [5.41, 5.74) is 0. The predicted molar refractivity (Wildman–Crippen MR) is 56.1 cm³/mol. The summed E-state index contributed by atoms with van der Waals surface area (Å²) in [4.78, 5) is 11.5. The van der Waals surface area contributed by atoms with Gasteiger partial charge < -0.3 is 10.6 Å². The second kappa shape index (κ2) is 6.22. The van der Waals surface area contributed by atoms with Crippen molar-refractivity contribution in [1.29, 1.82) is 0 Å². The van der Waals surface area contributed by atoms with Gasteiger partial charge in [0.05, 0.1) is 5.92 Å². The van der Waals surface area contributed by atoms with Crippen LogP contribution in [-0.2, 0) is 4.79 Å². The highest BCUT2D eigenvalue weighted by atomic mass is 35.5. The zero-order valence-corrected chi connectivity index (χ0v) is 9.12. The summed E-state index contributed by atoms with van der Waals surface area (Å²) in [5, 5.41) is 6.16. The molecule has 1 aliphatic heterocycles. The molecule has 0 aromatic rings. The van der Waals surface area contributed by atoms with Crippen LogP contribution in [0.15, 0.2) is 0 Å². The van der Waals surface area contributed by atoms with Gasteiger partial charge in [-0.25, -0.2) is 0 Å². The van der Waals surface area contributed by atoms with Crippen LogP contribution in [0.2, 0.25) is 0 Å². The molecule has 13 heavy (non-hydrogen) atoms. The summed E-state index contributed by atoms with van der Waals surface area (Å²) in [7, 11) is 0. The number of rotatable bonds is 2. The average Bonchev–Trinajstić information content (AvgIpc) is 2.05. The van der Waals surface area contributed by atoms with Crippen molar-refractivity contribution in [2.24, 2.45) is 5.92 Å². The number of piperidine rings is 1. The van der Waals surface area contributed by atoms with Gasteiger partial charge in [0.15, 0.2) is 0 Å². The number of carbonyl (C=O) groups is 1. The molecule has 1 heterocycles. The Labute approximate surface area is 86.1 Å². The normalized spacial score (nSPS) is 22.2. The average molecular weight is 207 g/mol. The van der Waals surface area contributed by atoms with E-state index in [1.165, 1.54) is 0 Å². The highest BCUT2D eigenvalue weighted by molar-refractivity contribution is 5.85. The number of halogens is 1. The van der Waals surface area contributed by atoms with Crippen LogP contribution in [0.5, 0.6) is 0 Å². The van der Waals surface area contributed by atoms with Crippen LogP contribution in [0, 0.1) is 5.92 Å². The molecule has 2 N–H and O–H groups in total. The first-order valence-corrected chi connectivity index (χ1v) is 4.71. The van der Waals surface area contributed by atoms with Crippen molar-refractivity contribution in [2.45, 2.75) is 32.7 Å². The van der Waals surface area contributed by atoms with Crippen LogP contribution in [0.3, 0.4) is 0 Å². The standard InChI is InChI=1S/C9H18N2O.ClH/c1-7(2)11-9(12)8-4-3-5-10-6-8;/h7-8,10H,3-6H2,1-2H3,(H,11,12);1H/t8-;/m1./s1. The molecule has 3 nitrogen and oxygen atoms in total. The molecule has 1 aliphatic rings. The molecule has 0 unspecified atom stereocenters. The molecule has 0 aromatic carbocycles. The van der Waals surface area contributed by atoms with Crippen LogP contribution in [0.1, 0.15) is 26.7 Å². The Balaban J connectivity index is 0.00000144. The van der Waals surface area contributed by atoms with Gasteiger partial charge in [0, 0.05) is 12.6 Å². The summed E-state index contributed by atoms with van der Waals surface area (Å²) in [5.74, 6) is 0.401. The first kappa shape index (κ1) is 12.7. The molecular weight excluding hydrogens is 188 g/mol. The molecule has 0 aromatic heterocycles. The second-order valence-corrected chi connectivity index (χ2v) is 3.71. The van der Waals surface area contributed by atoms with Gasteiger partial charge in [-0.1, -0.05) is 0 Å². The Kier molecular flexibility index (Phi) is 6.08. The van der Waals surface area contributed by atoms with Gasteiger partial charge in [-0.15, -0.1) is 12.4 Å². The lowest BCUT2D eigenvalue weighted by atomic mass is 9.98. The lowest BCUT2D eigenvalue weighted by Gasteiger charge is -2.22. The minimum Gasteiger partial charge on any atom is -0.354 e. The monoisotopic (exact) mass is 206 g/mol. The van der Waals surface area contributed by atoms with Crippen molar-refractivity contribution >= 4 is 18.3 Å². The van der Waals surface area contributed by atoms with Crippen molar-refractivity contribution < 1.29 is 4.79 Å². The molecule has 0 saturated carbocycles. The molecular formula is C9H19ClN2O. The number of carbonyl (C=O) groups excluding carboxylic acids is 1. The van der Waals surface area contributed by atoms with E-state index in [2.05, 4.69) is 10.6 Å². The van der Waals surface area contributed by atoms with Gasteiger partial charge in [-0.2, -0.15) is 0 Å². The highest BCUT2D eigenvalue weighted by Gasteiger charge is 2.20. The minimum atomic E-state index is 0. The maximum absolute atomic E-state index is 11.5. The van der Waals surface area contributed by atoms with Gasteiger partial charge in [0.25, 0.3) is 0 Å². The van der Waals surface area contributed by atoms with E-state index in [0.29, 0.717) is 0 Å². The Morgan fingerprint density at radius 2 is 2.23 bits per heavy atom. The third kappa shape index (κ3) is 4.48. The predicted octanol–water partition coefficient (Wildman–Crippen LogP) is 0.932. The van der Waals surface area contributed by atoms with E-state index >= 15 is 0 Å². The van der Waals surface area contributed by atoms with E-state index in [1.807, 2.05) is 13.8 Å². The Bertz CT molecular complexity index is 156. The molecule has 1 saturated heterocycles. The fourth-order valence-corrected chi connectivity index (χ4v) is 1.48. The van der Waals surface area contributed by atoms with Crippen molar-refractivity contribution in [2.75, 3.05) is 13.1 Å². The fourth-order valence-electron chi connectivity index (χ4n) is 1.48. The Morgan fingerprint density at radius 3 is 2.69 bits per heavy atom. The van der Waals surface area contributed by atoms with Crippen molar-refractivity contribution in [3.05, 3.63) is 0 Å². The zero-order chi connectivity index (χ0) is 8.97. The van der Waals surface area contributed by atoms with Crippen molar-refractivity contribution in [1.82, 2.24) is 10.6 Å². The Morgan fingerprint density at radius 1 is 1.54 bits per heavy atom. The minimum absolute atomic E-state index is 0. The highest BCUT2D eigenvalue weighted by Crippen LogP contribution is 2.09. The second-order valence-electron chi connectivity index (χ2n) is 3.71. The lowest BCUT2D eigenvalue weighted by Crippen LogP contribution is -2.42. The van der Waals surface area contributed by atoms with Crippen LogP contribution in [0.25, 0.3) is 0 Å². The first-order valence-electron chi connectivity index (χ1n) is 4.71. The molecule has 1 rings (SSSR count). The van der Waals surface area contributed by atoms with E-state index in [0.717, 1.165) is 25.9 Å². The summed E-state index contributed by atoms with van der Waals surface area (Å²) >= 11 is 0. The summed E-state index contributed by atoms with van der Waals surface area (Å²) in [6, 6.07) is 0.263. The van der Waals surface area contributed by atoms with E-state index < -0.39 is 0 Å². The fraction of sp³-hybridized carbons (Fsp3) is 0.889. The molecule has 0 spiro atoms. The van der Waals surface area contributed by atoms with Gasteiger partial charge in [0.1, 0.15) is 0 Å². The van der Waals surface area contributed by atoms with Crippen LogP contribution in [-0.4, -0.2) is 25.0 Å². The maximum atomic E-state index is 11.5. The van der Waals surface area contributed by atoms with Crippen molar-refractivity contribution in [3.63, 3.8) is 0 Å². The molecule has 0 aliphatic carbocycles. The van der Waals surface area contributed by atoms with Gasteiger partial charge >= 0.3 is 0 Å². The molecule has 1 amide bonds. The van der Waals surface area contributed by atoms with Crippen LogP contribution < -0.4 is 10.6 Å². The summed E-state index contributed by atoms with van der Waals surface area (Å²) < 4.78 is 0. The van der Waals surface area contributed by atoms with E-state index in [9.17, 15) is 4.79 Å². The molecule has 0 radical (unpaired) electrons. The molecule has 1 atom stereocenters. The van der Waals surface area contributed by atoms with Crippen LogP contribution >= 0.6 is 12.4 Å². The number of hydrogen-bond donors (Lipinski definition) is 2. The molecule has 78 valence electrons. The summed E-state index contributed by atoms with van der Waals surface area (Å²) in [6.07, 6.45) is 2.15. The molecule has 0 bridgehead atoms. The molecule has 1 fully saturated rings. The van der Waals surface area contributed by atoms with Gasteiger partial charge in [0.2, 0.25) is 5.91 Å². The maximum Gasteiger partial charge on any atom is 0.224 e. The number of amides is 1. The first-order chi connectivity index (χ1) is 5.70. The zero-order valence-electron chi connectivity index (χ0n) is 8.30. The summed E-state index contributed by atoms with van der Waals surface area (Å²) in [6.45, 7) is 5.90. The molecule has 4 heteroatoms. The number of hydrogen-bond acceptors (Lipinski definition) is 2. The third-order valence-electron chi connectivity index (χ3n) is 2.10. The van der Waals surface area contributed by atoms with E-state index in [1.54, 1.807) is 0 Å². The quantitative estimate of drug-likeness (QED) is 0.706. The van der Waals surface area contributed by atoms with Crippen molar-refractivity contribution in [3.8, 4) is 0 Å². The van der Waals surface area contributed by atoms with Gasteiger partial charge in [-0.05, 0) is 33.2 Å². The number of nitrogens with one attached hydrogen (secondary N) is 2. The largest absolute Gasteiger partial charge is 0.354 e. The third-order valence-corrected chi connectivity index (χ3v) is 2.10. The smallest absolute Gasteiger partial charge is 0.224 e. The Hall–Kier alpha value is -0.280. The van der Waals surface area contributed by atoms with E-state index in [4.69, 9.17) is 0 Å². The van der Waals surface area contributed by atoms with Crippen LogP contribution in [0.4, 0.5) is 0 Å². The van der Waals surface area contributed by atoms with Gasteiger partial charge in [-0.3, -0.25) is 4.79 Å².